The van der Waals surface area contributed by atoms with E-state index in [1.807, 2.05) is 5.32 Å². The van der Waals surface area contributed by atoms with E-state index >= 15 is 0 Å². The number of aldehydes is 1. The van der Waals surface area contributed by atoms with Crippen LogP contribution in [0.1, 0.15) is 16.9 Å². The Morgan fingerprint density at radius 1 is 1.60 bits per heavy atom. The molecule has 0 aliphatic heterocycles. The highest BCUT2D eigenvalue weighted by Gasteiger charge is 2.05. The van der Waals surface area contributed by atoms with Gasteiger partial charge in [0.05, 0.1) is 12.7 Å². The van der Waals surface area contributed by atoms with E-state index in [1.54, 1.807) is 0 Å². The van der Waals surface area contributed by atoms with E-state index in [0.717, 1.165) is 0 Å². The molecular formula is C7H9N5O3. The first-order valence-corrected chi connectivity index (χ1v) is 4.06. The number of nitrogens with zero attached hydrogens (tertiary/aromatic N) is 3. The van der Waals surface area contributed by atoms with Crippen molar-refractivity contribution < 1.29 is 14.4 Å². The molecule has 3 N–H and O–H groups in total. The summed E-state index contributed by atoms with van der Waals surface area (Å²) in [6.45, 7) is 0.222. The second kappa shape index (κ2) is 4.84. The van der Waals surface area contributed by atoms with Gasteiger partial charge in [-0.05, 0) is 0 Å². The van der Waals surface area contributed by atoms with E-state index in [1.165, 1.54) is 10.9 Å². The van der Waals surface area contributed by atoms with Gasteiger partial charge in [0.1, 0.15) is 5.69 Å². The normalized spacial score (nSPS) is 9.60. The minimum absolute atomic E-state index is 0.0323. The van der Waals surface area contributed by atoms with Crippen molar-refractivity contribution in [1.82, 2.24) is 20.3 Å². The number of hydrogen-bond donors (Lipinski definition) is 2. The summed E-state index contributed by atoms with van der Waals surface area (Å²) in [5, 5.41) is 8.98. The highest BCUT2D eigenvalue weighted by molar-refractivity contribution is 5.93. The van der Waals surface area contributed by atoms with Gasteiger partial charge in [-0.2, -0.15) is 0 Å². The maximum atomic E-state index is 11.0. The molecule has 0 unspecified atom stereocenters. The Balaban J connectivity index is 2.39. The number of imide groups is 1. The Kier molecular flexibility index (Phi) is 3.49. The van der Waals surface area contributed by atoms with Crippen LogP contribution in [-0.4, -0.2) is 33.2 Å². The number of nitrogens with two attached hydrogens (primary N) is 1. The van der Waals surface area contributed by atoms with E-state index in [4.69, 9.17) is 5.73 Å². The van der Waals surface area contributed by atoms with Gasteiger partial charge in [-0.3, -0.25) is 19.6 Å². The van der Waals surface area contributed by atoms with E-state index in [0.29, 0.717) is 6.29 Å². The second-order valence-electron chi connectivity index (χ2n) is 2.69. The van der Waals surface area contributed by atoms with Crippen molar-refractivity contribution in [2.75, 3.05) is 0 Å². The van der Waals surface area contributed by atoms with E-state index in [2.05, 4.69) is 10.3 Å². The number of urea groups is 1. The molecule has 3 amide bonds. The Hall–Kier alpha value is -2.25. The van der Waals surface area contributed by atoms with Crippen LogP contribution in [0.5, 0.6) is 0 Å². The third kappa shape index (κ3) is 3.55. The number of carbonyl (C=O) groups is 3. The van der Waals surface area contributed by atoms with Crippen molar-refractivity contribution in [2.24, 2.45) is 5.73 Å². The number of aryl methyl sites for hydroxylation is 1. The molecule has 0 bridgehead atoms. The molecule has 15 heavy (non-hydrogen) atoms. The molecule has 80 valence electrons. The van der Waals surface area contributed by atoms with Gasteiger partial charge in [-0.1, -0.05) is 5.21 Å². The first-order valence-electron chi connectivity index (χ1n) is 4.06. The van der Waals surface area contributed by atoms with Crippen LogP contribution in [0.4, 0.5) is 4.79 Å². The standard InChI is InChI=1S/C7H9N5O3/c8-7(15)9-6(14)1-2-12-3-5(4-13)10-11-12/h3-4H,1-2H2,(H3,8,9,14,15). The van der Waals surface area contributed by atoms with Gasteiger partial charge in [0.25, 0.3) is 0 Å². The van der Waals surface area contributed by atoms with Crippen molar-refractivity contribution in [3.8, 4) is 0 Å². The van der Waals surface area contributed by atoms with Gasteiger partial charge in [0.2, 0.25) is 5.91 Å². The Morgan fingerprint density at radius 3 is 2.87 bits per heavy atom. The molecular weight excluding hydrogens is 202 g/mol. The Labute approximate surface area is 84.4 Å². The lowest BCUT2D eigenvalue weighted by Crippen LogP contribution is -2.35. The summed E-state index contributed by atoms with van der Waals surface area (Å²) in [5.41, 5.74) is 4.92. The minimum Gasteiger partial charge on any atom is -0.351 e. The molecule has 0 aliphatic rings. The maximum absolute atomic E-state index is 11.0. The molecule has 1 aromatic heterocycles. The lowest BCUT2D eigenvalue weighted by atomic mass is 10.4. The summed E-state index contributed by atoms with van der Waals surface area (Å²) in [6, 6.07) is -0.896. The number of rotatable bonds is 4. The molecule has 1 rings (SSSR count). The quantitative estimate of drug-likeness (QED) is 0.598. The molecule has 0 aromatic carbocycles. The van der Waals surface area contributed by atoms with Crippen LogP contribution >= 0.6 is 0 Å². The Morgan fingerprint density at radius 2 is 2.33 bits per heavy atom. The molecule has 0 radical (unpaired) electrons. The lowest BCUT2D eigenvalue weighted by Gasteiger charge is -1.99. The van der Waals surface area contributed by atoms with Crippen molar-refractivity contribution >= 4 is 18.2 Å². The van der Waals surface area contributed by atoms with Crippen LogP contribution < -0.4 is 11.1 Å². The number of amides is 3. The molecule has 0 fully saturated rings. The van der Waals surface area contributed by atoms with Gasteiger partial charge in [-0.25, -0.2) is 4.79 Å². The fraction of sp³-hybridized carbons (Fsp3) is 0.286. The summed E-state index contributed by atoms with van der Waals surface area (Å²) in [4.78, 5) is 31.5. The van der Waals surface area contributed by atoms with Gasteiger partial charge < -0.3 is 5.73 Å². The highest BCUT2D eigenvalue weighted by Crippen LogP contribution is 1.91. The fourth-order valence-electron chi connectivity index (χ4n) is 0.893. The van der Waals surface area contributed by atoms with Crippen LogP contribution in [0.2, 0.25) is 0 Å². The van der Waals surface area contributed by atoms with Crippen LogP contribution in [0.15, 0.2) is 6.20 Å². The second-order valence-corrected chi connectivity index (χ2v) is 2.69. The number of carbonyl (C=O) groups excluding carboxylic acids is 3. The zero-order valence-corrected chi connectivity index (χ0v) is 7.71. The van der Waals surface area contributed by atoms with Gasteiger partial charge in [-0.15, -0.1) is 5.10 Å². The van der Waals surface area contributed by atoms with Crippen molar-refractivity contribution in [3.63, 3.8) is 0 Å². The van der Waals surface area contributed by atoms with Crippen LogP contribution in [-0.2, 0) is 11.3 Å². The predicted molar refractivity (Wildman–Crippen MR) is 47.8 cm³/mol. The number of aromatic nitrogens is 3. The maximum Gasteiger partial charge on any atom is 0.318 e. The minimum atomic E-state index is -0.896. The van der Waals surface area contributed by atoms with Crippen molar-refractivity contribution in [3.05, 3.63) is 11.9 Å². The summed E-state index contributed by atoms with van der Waals surface area (Å²) >= 11 is 0. The predicted octanol–water partition coefficient (Wildman–Crippen LogP) is -1.32. The molecule has 8 heteroatoms. The first-order chi connectivity index (χ1) is 7.11. The van der Waals surface area contributed by atoms with Crippen LogP contribution in [0.3, 0.4) is 0 Å². The smallest absolute Gasteiger partial charge is 0.318 e. The monoisotopic (exact) mass is 211 g/mol. The van der Waals surface area contributed by atoms with Crippen molar-refractivity contribution in [1.29, 1.82) is 0 Å². The summed E-state index contributed by atoms with van der Waals surface area (Å²) in [6.07, 6.45) is 1.97. The van der Waals surface area contributed by atoms with E-state index in [9.17, 15) is 14.4 Å². The lowest BCUT2D eigenvalue weighted by molar-refractivity contribution is -0.120. The third-order valence-corrected chi connectivity index (χ3v) is 1.51. The third-order valence-electron chi connectivity index (χ3n) is 1.51. The van der Waals surface area contributed by atoms with E-state index < -0.39 is 11.9 Å². The average Bonchev–Trinajstić information content (AvgIpc) is 2.61. The molecule has 0 atom stereocenters. The summed E-state index contributed by atoms with van der Waals surface area (Å²) < 4.78 is 1.32. The largest absolute Gasteiger partial charge is 0.351 e. The fourth-order valence-corrected chi connectivity index (χ4v) is 0.893. The first kappa shape index (κ1) is 10.8. The van der Waals surface area contributed by atoms with Gasteiger partial charge in [0.15, 0.2) is 6.29 Å². The topological polar surface area (TPSA) is 120 Å². The number of primary amides is 1. The number of hydrogen-bond acceptors (Lipinski definition) is 5. The SMILES string of the molecule is NC(=O)NC(=O)CCn1cc(C=O)nn1. The molecule has 0 aliphatic carbocycles. The highest BCUT2D eigenvalue weighted by atomic mass is 16.2. The zero-order valence-electron chi connectivity index (χ0n) is 7.71. The summed E-state index contributed by atoms with van der Waals surface area (Å²) in [7, 11) is 0. The molecule has 1 aromatic rings. The molecule has 0 saturated carbocycles. The molecule has 1 heterocycles. The zero-order chi connectivity index (χ0) is 11.3. The van der Waals surface area contributed by atoms with Gasteiger partial charge in [0, 0.05) is 6.42 Å². The van der Waals surface area contributed by atoms with Gasteiger partial charge >= 0.3 is 6.03 Å². The van der Waals surface area contributed by atoms with Crippen LogP contribution in [0, 0.1) is 0 Å². The number of nitrogens with one attached hydrogen (secondary N) is 1. The Bertz CT molecular complexity index is 386. The van der Waals surface area contributed by atoms with E-state index in [-0.39, 0.29) is 18.7 Å². The molecule has 0 saturated heterocycles. The molecule has 8 nitrogen and oxygen atoms in total. The van der Waals surface area contributed by atoms with Crippen molar-refractivity contribution in [2.45, 2.75) is 13.0 Å². The van der Waals surface area contributed by atoms with Crippen LogP contribution in [0.25, 0.3) is 0 Å². The summed E-state index contributed by atoms with van der Waals surface area (Å²) in [5.74, 6) is -0.509. The molecule has 0 spiro atoms. The average molecular weight is 211 g/mol.